The van der Waals surface area contributed by atoms with Gasteiger partial charge in [0.15, 0.2) is 0 Å². The average Bonchev–Trinajstić information content (AvgIpc) is 2.82. The number of nitro groups is 1. The van der Waals surface area contributed by atoms with E-state index in [2.05, 4.69) is 4.98 Å². The number of rotatable bonds is 4. The predicted octanol–water partition coefficient (Wildman–Crippen LogP) is 2.21. The molecule has 1 amide bonds. The number of aromatic nitrogens is 1. The molecule has 0 spiro atoms. The second kappa shape index (κ2) is 5.88. The third-order valence-electron chi connectivity index (χ3n) is 2.86. The Morgan fingerprint density at radius 1 is 1.52 bits per heavy atom. The molecule has 0 aliphatic carbocycles. The van der Waals surface area contributed by atoms with E-state index >= 15 is 0 Å². The van der Waals surface area contributed by atoms with Gasteiger partial charge in [0.2, 0.25) is 0 Å². The number of carbonyl (C=O) groups is 1. The number of aryl methyl sites for hydroxylation is 1. The highest BCUT2D eigenvalue weighted by molar-refractivity contribution is 7.09. The van der Waals surface area contributed by atoms with Gasteiger partial charge in [-0.15, -0.1) is 11.3 Å². The summed E-state index contributed by atoms with van der Waals surface area (Å²) in [5.74, 6) is -0.459. The van der Waals surface area contributed by atoms with E-state index in [1.165, 1.54) is 34.4 Å². The van der Waals surface area contributed by atoms with Crippen LogP contribution < -0.4 is 5.73 Å². The fraction of sp³-hybridized carbons (Fsp3) is 0.231. The Morgan fingerprint density at radius 2 is 2.24 bits per heavy atom. The van der Waals surface area contributed by atoms with Crippen molar-refractivity contribution in [3.63, 3.8) is 0 Å². The largest absolute Gasteiger partial charge is 0.399 e. The third-order valence-corrected chi connectivity index (χ3v) is 3.68. The molecular weight excluding hydrogens is 292 g/mol. The minimum atomic E-state index is -0.590. The van der Waals surface area contributed by atoms with E-state index in [0.717, 1.165) is 10.7 Å². The molecule has 7 nitrogen and oxygen atoms in total. The first-order chi connectivity index (χ1) is 9.88. The van der Waals surface area contributed by atoms with E-state index in [0.29, 0.717) is 5.69 Å². The minimum Gasteiger partial charge on any atom is -0.399 e. The highest BCUT2D eigenvalue weighted by Gasteiger charge is 2.23. The quantitative estimate of drug-likeness (QED) is 0.530. The summed E-state index contributed by atoms with van der Waals surface area (Å²) in [5, 5.41) is 13.8. The third kappa shape index (κ3) is 3.34. The van der Waals surface area contributed by atoms with E-state index in [9.17, 15) is 14.9 Å². The Bertz CT molecular complexity index is 698. The highest BCUT2D eigenvalue weighted by atomic mass is 32.1. The number of hydrogen-bond acceptors (Lipinski definition) is 6. The van der Waals surface area contributed by atoms with Crippen LogP contribution in [0.3, 0.4) is 0 Å². The summed E-state index contributed by atoms with van der Waals surface area (Å²) in [6.07, 6.45) is 0. The zero-order valence-corrected chi connectivity index (χ0v) is 12.4. The van der Waals surface area contributed by atoms with Crippen molar-refractivity contribution >= 4 is 28.6 Å². The first kappa shape index (κ1) is 14.9. The van der Waals surface area contributed by atoms with E-state index in [4.69, 9.17) is 5.73 Å². The first-order valence-electron chi connectivity index (χ1n) is 6.09. The monoisotopic (exact) mass is 306 g/mol. The van der Waals surface area contributed by atoms with Crippen LogP contribution in [-0.2, 0) is 6.54 Å². The van der Waals surface area contributed by atoms with Crippen molar-refractivity contribution in [2.75, 3.05) is 12.8 Å². The molecule has 1 aromatic carbocycles. The molecule has 1 heterocycles. The number of hydrogen-bond donors (Lipinski definition) is 1. The zero-order valence-electron chi connectivity index (χ0n) is 11.6. The highest BCUT2D eigenvalue weighted by Crippen LogP contribution is 2.23. The topological polar surface area (TPSA) is 102 Å². The van der Waals surface area contributed by atoms with Crippen LogP contribution in [0.4, 0.5) is 11.4 Å². The Kier molecular flexibility index (Phi) is 4.18. The van der Waals surface area contributed by atoms with Crippen LogP contribution in [0.2, 0.25) is 0 Å². The van der Waals surface area contributed by atoms with Gasteiger partial charge in [-0.05, 0) is 19.1 Å². The van der Waals surface area contributed by atoms with Gasteiger partial charge in [-0.1, -0.05) is 0 Å². The number of nitrogens with two attached hydrogens (primary N) is 1. The van der Waals surface area contributed by atoms with Gasteiger partial charge in [0, 0.05) is 24.2 Å². The summed E-state index contributed by atoms with van der Waals surface area (Å²) < 4.78 is 0. The molecule has 0 unspecified atom stereocenters. The summed E-state index contributed by atoms with van der Waals surface area (Å²) in [5.41, 5.74) is 6.40. The van der Waals surface area contributed by atoms with Crippen LogP contribution in [0.1, 0.15) is 21.1 Å². The van der Waals surface area contributed by atoms with Gasteiger partial charge in [-0.2, -0.15) is 0 Å². The lowest BCUT2D eigenvalue weighted by Gasteiger charge is -2.16. The van der Waals surface area contributed by atoms with Gasteiger partial charge in [0.1, 0.15) is 5.56 Å². The van der Waals surface area contributed by atoms with Crippen LogP contribution in [0.5, 0.6) is 0 Å². The molecule has 0 saturated heterocycles. The molecule has 110 valence electrons. The van der Waals surface area contributed by atoms with Gasteiger partial charge in [0.25, 0.3) is 11.6 Å². The first-order valence-corrected chi connectivity index (χ1v) is 6.97. The summed E-state index contributed by atoms with van der Waals surface area (Å²) in [4.78, 5) is 28.4. The van der Waals surface area contributed by atoms with Gasteiger partial charge >= 0.3 is 0 Å². The molecular formula is C13H14N4O3S. The molecule has 2 rings (SSSR count). The van der Waals surface area contributed by atoms with Gasteiger partial charge in [-0.25, -0.2) is 4.98 Å². The fourth-order valence-corrected chi connectivity index (χ4v) is 2.49. The molecule has 1 aromatic heterocycles. The van der Waals surface area contributed by atoms with Crippen molar-refractivity contribution in [3.8, 4) is 0 Å². The second-order valence-corrected chi connectivity index (χ2v) is 5.61. The molecule has 2 aromatic rings. The van der Waals surface area contributed by atoms with Crippen molar-refractivity contribution in [1.29, 1.82) is 0 Å². The number of nitro benzene ring substituents is 1. The van der Waals surface area contributed by atoms with E-state index in [1.54, 1.807) is 7.05 Å². The number of anilines is 1. The van der Waals surface area contributed by atoms with Crippen molar-refractivity contribution in [1.82, 2.24) is 9.88 Å². The standard InChI is InChI=1S/C13H14N4O3S/c1-8-15-10(7-21-8)6-16(2)13(18)11-5-9(14)3-4-12(11)17(19)20/h3-5,7H,6,14H2,1-2H3. The van der Waals surface area contributed by atoms with Crippen LogP contribution in [0, 0.1) is 17.0 Å². The van der Waals surface area contributed by atoms with Gasteiger partial charge in [-0.3, -0.25) is 14.9 Å². The van der Waals surface area contributed by atoms with Crippen LogP contribution >= 0.6 is 11.3 Å². The second-order valence-electron chi connectivity index (χ2n) is 4.55. The smallest absolute Gasteiger partial charge is 0.282 e. The normalized spacial score (nSPS) is 10.4. The van der Waals surface area contributed by atoms with Crippen molar-refractivity contribution in [2.24, 2.45) is 0 Å². The molecule has 0 radical (unpaired) electrons. The molecule has 0 fully saturated rings. The van der Waals surface area contributed by atoms with Gasteiger partial charge in [0.05, 0.1) is 22.2 Å². The molecule has 0 saturated carbocycles. The van der Waals surface area contributed by atoms with E-state index in [1.807, 2.05) is 12.3 Å². The van der Waals surface area contributed by atoms with E-state index < -0.39 is 10.8 Å². The SMILES string of the molecule is Cc1nc(CN(C)C(=O)c2cc(N)ccc2[N+](=O)[O-])cs1. The van der Waals surface area contributed by atoms with Crippen molar-refractivity contribution in [3.05, 3.63) is 50.0 Å². The maximum absolute atomic E-state index is 12.4. The molecule has 8 heteroatoms. The number of nitrogen functional groups attached to an aromatic ring is 1. The van der Waals surface area contributed by atoms with E-state index in [-0.39, 0.29) is 17.8 Å². The van der Waals surface area contributed by atoms with Crippen LogP contribution in [0.15, 0.2) is 23.6 Å². The lowest BCUT2D eigenvalue weighted by Crippen LogP contribution is -2.27. The van der Waals surface area contributed by atoms with Crippen LogP contribution in [-0.4, -0.2) is 27.8 Å². The number of nitrogens with zero attached hydrogens (tertiary/aromatic N) is 3. The predicted molar refractivity (Wildman–Crippen MR) is 80.2 cm³/mol. The summed E-state index contributed by atoms with van der Waals surface area (Å²) >= 11 is 1.49. The summed E-state index contributed by atoms with van der Waals surface area (Å²) in [6, 6.07) is 3.96. The number of benzene rings is 1. The minimum absolute atomic E-state index is 0.0190. The molecule has 0 bridgehead atoms. The average molecular weight is 306 g/mol. The molecule has 0 aliphatic heterocycles. The lowest BCUT2D eigenvalue weighted by atomic mass is 10.1. The molecule has 2 N–H and O–H groups in total. The fourth-order valence-electron chi connectivity index (χ4n) is 1.89. The summed E-state index contributed by atoms with van der Waals surface area (Å²) in [7, 11) is 1.57. The van der Waals surface area contributed by atoms with Crippen molar-refractivity contribution in [2.45, 2.75) is 13.5 Å². The molecule has 0 atom stereocenters. The Labute approximate surface area is 125 Å². The Balaban J connectivity index is 2.26. The number of carbonyl (C=O) groups excluding carboxylic acids is 1. The maximum Gasteiger partial charge on any atom is 0.282 e. The molecule has 21 heavy (non-hydrogen) atoms. The Morgan fingerprint density at radius 3 is 2.81 bits per heavy atom. The van der Waals surface area contributed by atoms with Gasteiger partial charge < -0.3 is 10.6 Å². The van der Waals surface area contributed by atoms with Crippen molar-refractivity contribution < 1.29 is 9.72 Å². The molecule has 0 aliphatic rings. The maximum atomic E-state index is 12.4. The lowest BCUT2D eigenvalue weighted by molar-refractivity contribution is -0.385. The number of amides is 1. The number of thiazole rings is 1. The summed E-state index contributed by atoms with van der Waals surface area (Å²) in [6.45, 7) is 2.16. The zero-order chi connectivity index (χ0) is 15.6. The Hall–Kier alpha value is -2.48. The van der Waals surface area contributed by atoms with Crippen LogP contribution in [0.25, 0.3) is 0 Å².